The van der Waals surface area contributed by atoms with Crippen molar-refractivity contribution in [3.63, 3.8) is 0 Å². The predicted octanol–water partition coefficient (Wildman–Crippen LogP) is 3.69. The molecular weight excluding hydrogens is 458 g/mol. The minimum atomic E-state index is -3.81. The largest absolute Gasteiger partial charge is 0.490 e. The van der Waals surface area contributed by atoms with E-state index in [1.807, 2.05) is 32.0 Å². The summed E-state index contributed by atoms with van der Waals surface area (Å²) in [4.78, 5) is 12.9. The van der Waals surface area contributed by atoms with Crippen LogP contribution in [-0.4, -0.2) is 26.1 Å². The number of hydrogen-bond acceptors (Lipinski definition) is 5. The number of anilines is 1. The van der Waals surface area contributed by atoms with Crippen LogP contribution in [0.4, 0.5) is 5.69 Å². The van der Waals surface area contributed by atoms with Crippen molar-refractivity contribution in [3.05, 3.63) is 58.1 Å². The molecule has 152 valence electrons. The van der Waals surface area contributed by atoms with Crippen molar-refractivity contribution >= 4 is 49.3 Å². The zero-order chi connectivity index (χ0) is 21.3. The zero-order valence-corrected chi connectivity index (χ0v) is 18.5. The smallest absolute Gasteiger partial charge is 0.280 e. The molecule has 0 atom stereocenters. The molecule has 1 amide bonds. The van der Waals surface area contributed by atoms with Gasteiger partial charge in [0.25, 0.3) is 5.91 Å². The van der Waals surface area contributed by atoms with Crippen LogP contribution < -0.4 is 14.9 Å². The lowest BCUT2D eigenvalue weighted by Crippen LogP contribution is -2.21. The van der Waals surface area contributed by atoms with Crippen LogP contribution in [0, 0.1) is 0 Å². The number of rotatable bonds is 5. The first-order valence-corrected chi connectivity index (χ1v) is 11.1. The number of nitrogens with zero attached hydrogens (tertiary/aromatic N) is 2. The van der Waals surface area contributed by atoms with Gasteiger partial charge >= 0.3 is 0 Å². The molecule has 1 aliphatic rings. The van der Waals surface area contributed by atoms with Crippen LogP contribution in [-0.2, 0) is 14.8 Å². The number of amides is 1. The van der Waals surface area contributed by atoms with Gasteiger partial charge in [-0.1, -0.05) is 15.9 Å². The summed E-state index contributed by atoms with van der Waals surface area (Å²) in [6, 6.07) is 11.2. The molecule has 2 N–H and O–H groups in total. The van der Waals surface area contributed by atoms with Crippen molar-refractivity contribution < 1.29 is 17.9 Å². The molecule has 0 radical (unpaired) electrons. The summed E-state index contributed by atoms with van der Waals surface area (Å²) >= 11 is 3.44. The Balaban J connectivity index is 1.96. The fourth-order valence-corrected chi connectivity index (χ4v) is 3.68. The maximum atomic E-state index is 13.0. The first-order valence-electron chi connectivity index (χ1n) is 8.77. The normalized spacial score (nSPS) is 15.9. The van der Waals surface area contributed by atoms with Gasteiger partial charge in [0.15, 0.2) is 0 Å². The van der Waals surface area contributed by atoms with Gasteiger partial charge in [-0.25, -0.2) is 13.6 Å². The molecule has 1 heterocycles. The van der Waals surface area contributed by atoms with Crippen molar-refractivity contribution in [3.8, 4) is 5.75 Å². The molecule has 0 spiro atoms. The Kier molecular flexibility index (Phi) is 5.92. The second-order valence-electron chi connectivity index (χ2n) is 6.75. The van der Waals surface area contributed by atoms with Crippen molar-refractivity contribution in [2.24, 2.45) is 10.2 Å². The molecule has 1 aliphatic heterocycles. The van der Waals surface area contributed by atoms with Crippen LogP contribution in [0.15, 0.2) is 62.5 Å². The van der Waals surface area contributed by atoms with E-state index >= 15 is 0 Å². The average molecular weight is 478 g/mol. The molecule has 0 aromatic heterocycles. The van der Waals surface area contributed by atoms with E-state index in [9.17, 15) is 13.2 Å². The van der Waals surface area contributed by atoms with E-state index in [1.165, 1.54) is 29.3 Å². The summed E-state index contributed by atoms with van der Waals surface area (Å²) in [5.74, 6) is 0.341. The van der Waals surface area contributed by atoms with Gasteiger partial charge in [0.2, 0.25) is 10.0 Å². The summed E-state index contributed by atoms with van der Waals surface area (Å²) in [7, 11) is -3.81. The minimum absolute atomic E-state index is 0.0174. The highest BCUT2D eigenvalue weighted by Crippen LogP contribution is 2.30. The Morgan fingerprint density at radius 2 is 1.83 bits per heavy atom. The third-order valence-electron chi connectivity index (χ3n) is 4.11. The van der Waals surface area contributed by atoms with Crippen molar-refractivity contribution in [2.45, 2.75) is 31.8 Å². The lowest BCUT2D eigenvalue weighted by atomic mass is 10.1. The van der Waals surface area contributed by atoms with Gasteiger partial charge in [-0.3, -0.25) is 4.79 Å². The van der Waals surface area contributed by atoms with Crippen LogP contribution in [0.3, 0.4) is 0 Å². The average Bonchev–Trinajstić information content (AvgIpc) is 2.91. The number of carbonyl (C=O) groups is 1. The Hall–Kier alpha value is -2.49. The Morgan fingerprint density at radius 1 is 1.17 bits per heavy atom. The topological polar surface area (TPSA) is 102 Å². The summed E-state index contributed by atoms with van der Waals surface area (Å²) in [6.07, 6.45) is 1.72. The first-order chi connectivity index (χ1) is 13.6. The highest BCUT2D eigenvalue weighted by molar-refractivity contribution is 9.10. The third-order valence-corrected chi connectivity index (χ3v) is 5.53. The maximum absolute atomic E-state index is 13.0. The lowest BCUT2D eigenvalue weighted by Gasteiger charge is -2.14. The van der Waals surface area contributed by atoms with Gasteiger partial charge in [0, 0.05) is 10.0 Å². The van der Waals surface area contributed by atoms with Gasteiger partial charge in [-0.15, -0.1) is 0 Å². The number of sulfonamides is 1. The molecule has 2 aromatic carbocycles. The highest BCUT2D eigenvalue weighted by Gasteiger charge is 2.29. The van der Waals surface area contributed by atoms with Crippen LogP contribution in [0.25, 0.3) is 6.08 Å². The highest BCUT2D eigenvalue weighted by atomic mass is 79.9. The van der Waals surface area contributed by atoms with Crippen LogP contribution in [0.2, 0.25) is 0 Å². The number of ether oxygens (including phenoxy) is 1. The Labute approximate surface area is 178 Å². The van der Waals surface area contributed by atoms with Crippen molar-refractivity contribution in [2.75, 3.05) is 5.01 Å². The second-order valence-corrected chi connectivity index (χ2v) is 9.23. The van der Waals surface area contributed by atoms with Gasteiger partial charge < -0.3 is 4.74 Å². The van der Waals surface area contributed by atoms with Gasteiger partial charge in [-0.05, 0) is 69.3 Å². The Bertz CT molecular complexity index is 1120. The van der Waals surface area contributed by atoms with Crippen molar-refractivity contribution in [1.29, 1.82) is 0 Å². The van der Waals surface area contributed by atoms with E-state index in [1.54, 1.807) is 13.0 Å². The molecule has 0 saturated heterocycles. The second kappa shape index (κ2) is 8.10. The lowest BCUT2D eigenvalue weighted by molar-refractivity contribution is -0.114. The van der Waals surface area contributed by atoms with E-state index in [0.29, 0.717) is 22.7 Å². The molecule has 0 fully saturated rings. The fourth-order valence-electron chi connectivity index (χ4n) is 2.79. The van der Waals surface area contributed by atoms with Gasteiger partial charge in [-0.2, -0.15) is 10.1 Å². The number of primary sulfonamides is 1. The first kappa shape index (κ1) is 21.2. The molecule has 2 aromatic rings. The fraction of sp³-hybridized carbons (Fsp3) is 0.200. The Morgan fingerprint density at radius 3 is 2.41 bits per heavy atom. The molecule has 29 heavy (non-hydrogen) atoms. The number of hydrogen-bond donors (Lipinski definition) is 1. The van der Waals surface area contributed by atoms with E-state index in [0.717, 1.165) is 10.0 Å². The minimum Gasteiger partial charge on any atom is -0.490 e. The van der Waals surface area contributed by atoms with E-state index in [4.69, 9.17) is 9.88 Å². The summed E-state index contributed by atoms with van der Waals surface area (Å²) in [6.45, 7) is 5.60. The third kappa shape index (κ3) is 4.75. The van der Waals surface area contributed by atoms with Gasteiger partial charge in [0.1, 0.15) is 5.75 Å². The number of nitrogens with two attached hydrogens (primary N) is 1. The summed E-state index contributed by atoms with van der Waals surface area (Å²) in [5.41, 5.74) is 2.16. The van der Waals surface area contributed by atoms with Crippen LogP contribution >= 0.6 is 15.9 Å². The predicted molar refractivity (Wildman–Crippen MR) is 116 cm³/mol. The quantitative estimate of drug-likeness (QED) is 0.663. The molecule has 3 rings (SSSR count). The SMILES string of the molecule is CC1=NN(c2ccc(S(N)(=O)=O)cc2)C(=O)C1=Cc1cc(Br)ccc1OC(C)C. The van der Waals surface area contributed by atoms with Gasteiger partial charge in [0.05, 0.1) is 28.0 Å². The number of carbonyl (C=O) groups excluding carboxylic acids is 1. The molecule has 9 heteroatoms. The molecule has 0 unspecified atom stereocenters. The van der Waals surface area contributed by atoms with Crippen LogP contribution in [0.1, 0.15) is 26.3 Å². The summed E-state index contributed by atoms with van der Waals surface area (Å²) < 4.78 is 29.5. The van der Waals surface area contributed by atoms with Crippen LogP contribution in [0.5, 0.6) is 5.75 Å². The van der Waals surface area contributed by atoms with E-state index in [2.05, 4.69) is 21.0 Å². The van der Waals surface area contributed by atoms with Crippen molar-refractivity contribution in [1.82, 2.24) is 0 Å². The molecular formula is C20H20BrN3O4S. The monoisotopic (exact) mass is 477 g/mol. The van der Waals surface area contributed by atoms with E-state index < -0.39 is 10.0 Å². The molecule has 0 bridgehead atoms. The van der Waals surface area contributed by atoms with E-state index in [-0.39, 0.29) is 16.9 Å². The molecule has 0 aliphatic carbocycles. The molecule has 7 nitrogen and oxygen atoms in total. The number of hydrazone groups is 1. The zero-order valence-electron chi connectivity index (χ0n) is 16.1. The molecule has 0 saturated carbocycles. The summed E-state index contributed by atoms with van der Waals surface area (Å²) in [5, 5.41) is 10.7. The standard InChI is InChI=1S/C20H20BrN3O4S/c1-12(2)28-19-9-4-15(21)10-14(19)11-18-13(3)23-24(20(18)25)16-5-7-17(8-6-16)29(22,26)27/h4-12H,1-3H3,(H2,22,26,27). The maximum Gasteiger partial charge on any atom is 0.280 e. The number of benzene rings is 2. The number of halogens is 1.